The Hall–Kier alpha value is -2.29. The number of amides is 2. The van der Waals surface area contributed by atoms with Crippen LogP contribution in [0.1, 0.15) is 37.8 Å². The molecule has 2 aromatic rings. The van der Waals surface area contributed by atoms with Crippen LogP contribution in [-0.2, 0) is 6.18 Å². The highest BCUT2D eigenvalue weighted by atomic mass is 35.5. The second kappa shape index (κ2) is 8.68. The molecule has 1 aromatic carbocycles. The van der Waals surface area contributed by atoms with E-state index < -0.39 is 18.0 Å². The average Bonchev–Trinajstić information content (AvgIpc) is 3.14. The van der Waals surface area contributed by atoms with Crippen LogP contribution >= 0.6 is 11.6 Å². The first-order chi connectivity index (χ1) is 14.7. The molecule has 2 N–H and O–H groups in total. The number of anilines is 1. The van der Waals surface area contributed by atoms with Gasteiger partial charge in [0.15, 0.2) is 0 Å². The molecule has 4 rings (SSSR count). The summed E-state index contributed by atoms with van der Waals surface area (Å²) in [5, 5.41) is 7.08. The van der Waals surface area contributed by atoms with Gasteiger partial charge < -0.3 is 15.5 Å². The summed E-state index contributed by atoms with van der Waals surface area (Å²) < 4.78 is 53.4. The lowest BCUT2D eigenvalue weighted by Crippen LogP contribution is -2.47. The smallest absolute Gasteiger partial charge is 0.382 e. The molecule has 2 amide bonds. The minimum atomic E-state index is -4.57. The van der Waals surface area contributed by atoms with Crippen molar-refractivity contribution >= 4 is 34.2 Å². The van der Waals surface area contributed by atoms with Crippen molar-refractivity contribution in [1.82, 2.24) is 15.2 Å². The number of fused-ring (bicyclic) bond motifs is 1. The number of aromatic nitrogens is 1. The van der Waals surface area contributed by atoms with Gasteiger partial charge >= 0.3 is 12.2 Å². The number of carbonyl (C=O) groups is 1. The van der Waals surface area contributed by atoms with Gasteiger partial charge in [-0.15, -0.1) is 0 Å². The van der Waals surface area contributed by atoms with E-state index in [1.807, 2.05) is 0 Å². The molecule has 1 saturated carbocycles. The number of hydrogen-bond donors (Lipinski definition) is 2. The first kappa shape index (κ1) is 21.9. The van der Waals surface area contributed by atoms with Crippen molar-refractivity contribution in [3.05, 3.63) is 35.0 Å². The van der Waals surface area contributed by atoms with Crippen LogP contribution in [0.25, 0.3) is 10.9 Å². The lowest BCUT2D eigenvalue weighted by atomic mass is 9.90. The molecule has 2 fully saturated rings. The molecule has 1 unspecified atom stereocenters. The zero-order valence-electron chi connectivity index (χ0n) is 16.7. The molecule has 0 spiro atoms. The van der Waals surface area contributed by atoms with Crippen LogP contribution in [0, 0.1) is 0 Å². The molecule has 168 valence electrons. The number of hydrogen-bond acceptors (Lipinski definition) is 3. The van der Waals surface area contributed by atoms with Crippen LogP contribution in [0.3, 0.4) is 0 Å². The molecule has 2 aliphatic rings. The first-order valence-corrected chi connectivity index (χ1v) is 10.7. The fourth-order valence-corrected chi connectivity index (χ4v) is 4.47. The molecule has 31 heavy (non-hydrogen) atoms. The molecule has 3 atom stereocenters. The van der Waals surface area contributed by atoms with Gasteiger partial charge in [-0.2, -0.15) is 13.2 Å². The average molecular weight is 459 g/mol. The molecule has 1 aliphatic heterocycles. The maximum atomic E-state index is 13.4. The van der Waals surface area contributed by atoms with Crippen molar-refractivity contribution in [3.63, 3.8) is 0 Å². The number of pyridine rings is 1. The lowest BCUT2D eigenvalue weighted by molar-refractivity contribution is -0.140. The SMILES string of the molecule is O=C(N[C@@H]1CCC[C@H](Nc2cc(C(F)(F)F)nc3ccc(Cl)cc23)C1)N1CCC(F)C1. The van der Waals surface area contributed by atoms with Gasteiger partial charge in [-0.1, -0.05) is 11.6 Å². The Balaban J connectivity index is 1.50. The third-order valence-corrected chi connectivity index (χ3v) is 6.08. The van der Waals surface area contributed by atoms with Gasteiger partial charge in [-0.05, 0) is 56.4 Å². The quantitative estimate of drug-likeness (QED) is 0.607. The Morgan fingerprint density at radius 2 is 1.94 bits per heavy atom. The second-order valence-corrected chi connectivity index (χ2v) is 8.64. The van der Waals surface area contributed by atoms with Crippen molar-refractivity contribution in [2.75, 3.05) is 18.4 Å². The summed E-state index contributed by atoms with van der Waals surface area (Å²) in [6.07, 6.45) is -2.31. The second-order valence-electron chi connectivity index (χ2n) is 8.20. The van der Waals surface area contributed by atoms with Crippen LogP contribution in [0.15, 0.2) is 24.3 Å². The predicted octanol–water partition coefficient (Wildman–Crippen LogP) is 5.38. The van der Waals surface area contributed by atoms with Crippen LogP contribution < -0.4 is 10.6 Å². The standard InChI is InChI=1S/C21H23ClF4N4O/c22-12-4-5-17-16(8-12)18(10-19(29-17)21(24,25)26)27-14-2-1-3-15(9-14)28-20(31)30-7-6-13(23)11-30/h4-5,8,10,13-15H,1-3,6-7,9,11H2,(H,27,29)(H,28,31)/t13?,14-,15+/m0/s1. The third kappa shape index (κ3) is 5.14. The maximum Gasteiger partial charge on any atom is 0.433 e. The molecule has 5 nitrogen and oxygen atoms in total. The highest BCUT2D eigenvalue weighted by molar-refractivity contribution is 6.31. The van der Waals surface area contributed by atoms with Gasteiger partial charge in [0, 0.05) is 34.7 Å². The minimum Gasteiger partial charge on any atom is -0.382 e. The van der Waals surface area contributed by atoms with E-state index in [0.29, 0.717) is 35.5 Å². The van der Waals surface area contributed by atoms with Crippen LogP contribution in [0.2, 0.25) is 5.02 Å². The number of nitrogens with zero attached hydrogens (tertiary/aromatic N) is 2. The van der Waals surface area contributed by atoms with E-state index >= 15 is 0 Å². The summed E-state index contributed by atoms with van der Waals surface area (Å²) in [6.45, 7) is 0.496. The number of carbonyl (C=O) groups excluding carboxylic acids is 1. The third-order valence-electron chi connectivity index (χ3n) is 5.84. The van der Waals surface area contributed by atoms with Gasteiger partial charge in [0.05, 0.1) is 12.1 Å². The Bertz CT molecular complexity index is 970. The molecule has 1 aromatic heterocycles. The van der Waals surface area contributed by atoms with Crippen molar-refractivity contribution in [2.45, 2.75) is 56.5 Å². The van der Waals surface area contributed by atoms with E-state index in [0.717, 1.165) is 25.3 Å². The van der Waals surface area contributed by atoms with Crippen molar-refractivity contribution in [2.24, 2.45) is 0 Å². The zero-order valence-corrected chi connectivity index (χ0v) is 17.4. The number of urea groups is 1. The zero-order chi connectivity index (χ0) is 22.2. The fourth-order valence-electron chi connectivity index (χ4n) is 4.30. The van der Waals surface area contributed by atoms with Crippen molar-refractivity contribution < 1.29 is 22.4 Å². The fraction of sp³-hybridized carbons (Fsp3) is 0.524. The molecule has 1 saturated heterocycles. The Kier molecular flexibility index (Phi) is 6.14. The first-order valence-electron chi connectivity index (χ1n) is 10.3. The number of nitrogens with one attached hydrogen (secondary N) is 2. The van der Waals surface area contributed by atoms with E-state index in [2.05, 4.69) is 15.6 Å². The van der Waals surface area contributed by atoms with E-state index in [1.165, 1.54) is 17.0 Å². The monoisotopic (exact) mass is 458 g/mol. The highest BCUT2D eigenvalue weighted by Crippen LogP contribution is 2.35. The molecule has 0 bridgehead atoms. The van der Waals surface area contributed by atoms with E-state index in [1.54, 1.807) is 6.07 Å². The predicted molar refractivity (Wildman–Crippen MR) is 111 cm³/mol. The van der Waals surface area contributed by atoms with Gasteiger partial charge in [-0.25, -0.2) is 14.2 Å². The summed E-state index contributed by atoms with van der Waals surface area (Å²) >= 11 is 6.06. The molecular formula is C21H23ClF4N4O. The summed E-state index contributed by atoms with van der Waals surface area (Å²) in [7, 11) is 0. The van der Waals surface area contributed by atoms with Crippen molar-refractivity contribution in [3.8, 4) is 0 Å². The molecule has 2 heterocycles. The van der Waals surface area contributed by atoms with E-state index in [9.17, 15) is 22.4 Å². The molecule has 1 aliphatic carbocycles. The number of alkyl halides is 4. The van der Waals surface area contributed by atoms with Gasteiger partial charge in [0.25, 0.3) is 0 Å². The lowest BCUT2D eigenvalue weighted by Gasteiger charge is -2.32. The van der Waals surface area contributed by atoms with Gasteiger partial charge in [-0.3, -0.25) is 0 Å². The minimum absolute atomic E-state index is 0.101. The van der Waals surface area contributed by atoms with Crippen LogP contribution in [0.5, 0.6) is 0 Å². The van der Waals surface area contributed by atoms with Crippen LogP contribution in [-0.4, -0.2) is 47.3 Å². The Labute approximate surface area is 182 Å². The highest BCUT2D eigenvalue weighted by Gasteiger charge is 2.34. The summed E-state index contributed by atoms with van der Waals surface area (Å²) in [6, 6.07) is 5.03. The summed E-state index contributed by atoms with van der Waals surface area (Å²) in [5.41, 5.74) is -0.450. The van der Waals surface area contributed by atoms with Gasteiger partial charge in [0.2, 0.25) is 0 Å². The van der Waals surface area contributed by atoms with Crippen LogP contribution in [0.4, 0.5) is 28.0 Å². The largest absolute Gasteiger partial charge is 0.433 e. The molecule has 10 heteroatoms. The number of likely N-dealkylation sites (tertiary alicyclic amines) is 1. The molecular weight excluding hydrogens is 436 g/mol. The number of halogens is 5. The maximum absolute atomic E-state index is 13.4. The number of rotatable bonds is 3. The van der Waals surface area contributed by atoms with Crippen molar-refractivity contribution in [1.29, 1.82) is 0 Å². The Morgan fingerprint density at radius 3 is 2.65 bits per heavy atom. The summed E-state index contributed by atoms with van der Waals surface area (Å²) in [4.78, 5) is 17.6. The molecule has 0 radical (unpaired) electrons. The topological polar surface area (TPSA) is 57.3 Å². The van der Waals surface area contributed by atoms with E-state index in [-0.39, 0.29) is 30.2 Å². The Morgan fingerprint density at radius 1 is 1.16 bits per heavy atom. The normalized spacial score (nSPS) is 24.4. The van der Waals surface area contributed by atoms with E-state index in [4.69, 9.17) is 11.6 Å². The summed E-state index contributed by atoms with van der Waals surface area (Å²) in [5.74, 6) is 0. The van der Waals surface area contributed by atoms with Gasteiger partial charge in [0.1, 0.15) is 11.9 Å². The number of benzene rings is 1.